The number of fused-ring (bicyclic) bond motifs is 1. The fourth-order valence-electron chi connectivity index (χ4n) is 2.53. The van der Waals surface area contributed by atoms with E-state index < -0.39 is 5.97 Å². The summed E-state index contributed by atoms with van der Waals surface area (Å²) in [5.41, 5.74) is 2.21. The Balaban J connectivity index is 1.87. The van der Waals surface area contributed by atoms with Crippen molar-refractivity contribution in [2.75, 3.05) is 6.54 Å². The number of hydrogen-bond acceptors (Lipinski definition) is 4. The van der Waals surface area contributed by atoms with Gasteiger partial charge in [-0.1, -0.05) is 13.0 Å². The van der Waals surface area contributed by atoms with Crippen molar-refractivity contribution in [3.05, 3.63) is 28.8 Å². The molecule has 1 aliphatic rings. The Bertz CT molecular complexity index is 623. The zero-order valence-electron chi connectivity index (χ0n) is 10.7. The molecule has 1 aliphatic heterocycles. The predicted molar refractivity (Wildman–Crippen MR) is 75.5 cm³/mol. The van der Waals surface area contributed by atoms with Gasteiger partial charge in [0.15, 0.2) is 0 Å². The summed E-state index contributed by atoms with van der Waals surface area (Å²) >= 11 is 1.72. The minimum absolute atomic E-state index is 0.151. The van der Waals surface area contributed by atoms with Crippen LogP contribution in [-0.2, 0) is 11.2 Å². The number of nitrogens with zero attached hydrogens (tertiary/aromatic N) is 1. The first-order chi connectivity index (χ1) is 9.17. The van der Waals surface area contributed by atoms with Crippen molar-refractivity contribution in [2.24, 2.45) is 5.92 Å². The van der Waals surface area contributed by atoms with Crippen LogP contribution in [-0.4, -0.2) is 22.6 Å². The molecule has 0 radical (unpaired) electrons. The van der Waals surface area contributed by atoms with Crippen molar-refractivity contribution in [3.8, 4) is 0 Å². The molecule has 5 heteroatoms. The van der Waals surface area contributed by atoms with Gasteiger partial charge in [0.1, 0.15) is 0 Å². The molecule has 1 aromatic carbocycles. The number of aryl methyl sites for hydroxylation is 1. The van der Waals surface area contributed by atoms with E-state index in [1.165, 1.54) is 10.3 Å². The van der Waals surface area contributed by atoms with Gasteiger partial charge in [-0.3, -0.25) is 4.79 Å². The molecule has 0 spiro atoms. The SMILES string of the molecule is CCc1nc2ccc(C3CC(C(=O)O)CN3)cc2s1. The normalized spacial score (nSPS) is 23.0. The first-order valence-corrected chi connectivity index (χ1v) is 7.34. The Hall–Kier alpha value is -1.46. The number of benzene rings is 1. The topological polar surface area (TPSA) is 62.2 Å². The number of aromatic nitrogens is 1. The summed E-state index contributed by atoms with van der Waals surface area (Å²) in [4.78, 5) is 15.5. The molecule has 3 rings (SSSR count). The summed E-state index contributed by atoms with van der Waals surface area (Å²) in [5.74, 6) is -0.976. The molecule has 2 aromatic rings. The highest BCUT2D eigenvalue weighted by Crippen LogP contribution is 2.31. The van der Waals surface area contributed by atoms with Gasteiger partial charge in [0.05, 0.1) is 21.1 Å². The largest absolute Gasteiger partial charge is 0.481 e. The number of carboxylic acids is 1. The Labute approximate surface area is 115 Å². The molecular weight excluding hydrogens is 260 g/mol. The van der Waals surface area contributed by atoms with Crippen molar-refractivity contribution >= 4 is 27.5 Å². The van der Waals surface area contributed by atoms with Gasteiger partial charge in [-0.2, -0.15) is 0 Å². The average Bonchev–Trinajstić information content (AvgIpc) is 3.04. The van der Waals surface area contributed by atoms with Crippen LogP contribution in [0, 0.1) is 5.92 Å². The highest BCUT2D eigenvalue weighted by Gasteiger charge is 2.30. The van der Waals surface area contributed by atoms with E-state index in [0.717, 1.165) is 16.9 Å². The summed E-state index contributed by atoms with van der Waals surface area (Å²) in [5, 5.41) is 13.5. The van der Waals surface area contributed by atoms with E-state index in [-0.39, 0.29) is 12.0 Å². The average molecular weight is 276 g/mol. The third kappa shape index (κ3) is 2.35. The Morgan fingerprint density at radius 2 is 2.42 bits per heavy atom. The molecule has 100 valence electrons. The van der Waals surface area contributed by atoms with Gasteiger partial charge < -0.3 is 10.4 Å². The van der Waals surface area contributed by atoms with E-state index in [9.17, 15) is 4.79 Å². The Morgan fingerprint density at radius 3 is 3.11 bits per heavy atom. The lowest BCUT2D eigenvalue weighted by Crippen LogP contribution is -2.17. The maximum absolute atomic E-state index is 11.0. The zero-order valence-corrected chi connectivity index (χ0v) is 11.5. The van der Waals surface area contributed by atoms with Gasteiger partial charge in [0.2, 0.25) is 0 Å². The van der Waals surface area contributed by atoms with Crippen LogP contribution >= 0.6 is 11.3 Å². The molecule has 1 fully saturated rings. The van der Waals surface area contributed by atoms with E-state index >= 15 is 0 Å². The molecule has 2 N–H and O–H groups in total. The molecule has 4 nitrogen and oxygen atoms in total. The number of carboxylic acid groups (broad SMARTS) is 1. The van der Waals surface area contributed by atoms with Crippen LogP contribution in [0.5, 0.6) is 0 Å². The van der Waals surface area contributed by atoms with Crippen LogP contribution < -0.4 is 5.32 Å². The predicted octanol–water partition coefficient (Wildman–Crippen LogP) is 2.59. The highest BCUT2D eigenvalue weighted by molar-refractivity contribution is 7.18. The summed E-state index contributed by atoms with van der Waals surface area (Å²) in [6, 6.07) is 6.39. The maximum Gasteiger partial charge on any atom is 0.307 e. The molecule has 0 saturated carbocycles. The first kappa shape index (κ1) is 12.6. The minimum atomic E-state index is -0.706. The smallest absolute Gasteiger partial charge is 0.307 e. The second kappa shape index (κ2) is 4.90. The van der Waals surface area contributed by atoms with Gasteiger partial charge in [-0.15, -0.1) is 11.3 Å². The lowest BCUT2D eigenvalue weighted by Gasteiger charge is -2.10. The molecule has 2 heterocycles. The van der Waals surface area contributed by atoms with Crippen LogP contribution in [0.1, 0.15) is 30.0 Å². The fraction of sp³-hybridized carbons (Fsp3) is 0.429. The van der Waals surface area contributed by atoms with Gasteiger partial charge in [-0.25, -0.2) is 4.98 Å². The number of thiazole rings is 1. The second-order valence-corrected chi connectivity index (χ2v) is 6.04. The number of carbonyl (C=O) groups is 1. The quantitative estimate of drug-likeness (QED) is 0.904. The van der Waals surface area contributed by atoms with Crippen molar-refractivity contribution in [1.82, 2.24) is 10.3 Å². The molecule has 0 amide bonds. The van der Waals surface area contributed by atoms with Crippen LogP contribution in [0.4, 0.5) is 0 Å². The van der Waals surface area contributed by atoms with E-state index in [4.69, 9.17) is 5.11 Å². The third-order valence-electron chi connectivity index (χ3n) is 3.64. The highest BCUT2D eigenvalue weighted by atomic mass is 32.1. The minimum Gasteiger partial charge on any atom is -0.481 e. The monoisotopic (exact) mass is 276 g/mol. The lowest BCUT2D eigenvalue weighted by atomic mass is 10.0. The van der Waals surface area contributed by atoms with Crippen LogP contribution in [0.15, 0.2) is 18.2 Å². The van der Waals surface area contributed by atoms with Gasteiger partial charge in [-0.05, 0) is 30.5 Å². The van der Waals surface area contributed by atoms with Crippen LogP contribution in [0.3, 0.4) is 0 Å². The molecule has 0 aliphatic carbocycles. The number of rotatable bonds is 3. The fourth-order valence-corrected chi connectivity index (χ4v) is 3.49. The van der Waals surface area contributed by atoms with Crippen molar-refractivity contribution in [1.29, 1.82) is 0 Å². The number of aliphatic carboxylic acids is 1. The van der Waals surface area contributed by atoms with Gasteiger partial charge >= 0.3 is 5.97 Å². The third-order valence-corrected chi connectivity index (χ3v) is 4.80. The standard InChI is InChI=1S/C14H16N2O2S/c1-2-13-16-10-4-3-8(6-12(10)19-13)11-5-9(7-15-11)14(17)18/h3-4,6,9,11,15H,2,5,7H2,1H3,(H,17,18). The van der Waals surface area contributed by atoms with Crippen molar-refractivity contribution in [2.45, 2.75) is 25.8 Å². The molecule has 1 aromatic heterocycles. The maximum atomic E-state index is 11.0. The first-order valence-electron chi connectivity index (χ1n) is 6.53. The summed E-state index contributed by atoms with van der Waals surface area (Å²) in [6.45, 7) is 2.66. The Morgan fingerprint density at radius 1 is 1.58 bits per heavy atom. The van der Waals surface area contributed by atoms with E-state index in [1.54, 1.807) is 11.3 Å². The lowest BCUT2D eigenvalue weighted by molar-refractivity contribution is -0.141. The van der Waals surface area contributed by atoms with Crippen molar-refractivity contribution in [3.63, 3.8) is 0 Å². The van der Waals surface area contributed by atoms with E-state index in [2.05, 4.69) is 29.4 Å². The second-order valence-electron chi connectivity index (χ2n) is 4.92. The van der Waals surface area contributed by atoms with E-state index in [1.807, 2.05) is 6.07 Å². The van der Waals surface area contributed by atoms with Gasteiger partial charge in [0.25, 0.3) is 0 Å². The molecule has 2 unspecified atom stereocenters. The van der Waals surface area contributed by atoms with Crippen LogP contribution in [0.25, 0.3) is 10.2 Å². The zero-order chi connectivity index (χ0) is 13.4. The molecular formula is C14H16N2O2S. The number of hydrogen-bond donors (Lipinski definition) is 2. The van der Waals surface area contributed by atoms with Gasteiger partial charge in [0, 0.05) is 12.6 Å². The molecule has 1 saturated heterocycles. The summed E-state index contributed by atoms with van der Waals surface area (Å²) in [6.07, 6.45) is 1.62. The molecule has 19 heavy (non-hydrogen) atoms. The Kier molecular flexibility index (Phi) is 3.24. The number of nitrogens with one attached hydrogen (secondary N) is 1. The van der Waals surface area contributed by atoms with Crippen LogP contribution in [0.2, 0.25) is 0 Å². The summed E-state index contributed by atoms with van der Waals surface area (Å²) in [7, 11) is 0. The summed E-state index contributed by atoms with van der Waals surface area (Å²) < 4.78 is 1.19. The molecule has 2 atom stereocenters. The molecule has 0 bridgehead atoms. The van der Waals surface area contributed by atoms with Crippen molar-refractivity contribution < 1.29 is 9.90 Å². The van der Waals surface area contributed by atoms with E-state index in [0.29, 0.717) is 13.0 Å².